The van der Waals surface area contributed by atoms with Gasteiger partial charge >= 0.3 is 0 Å². The van der Waals surface area contributed by atoms with Crippen molar-refractivity contribution in [2.45, 2.75) is 6.10 Å². The number of ether oxygens (including phenoxy) is 2. The third-order valence-electron chi connectivity index (χ3n) is 1.75. The van der Waals surface area contributed by atoms with Gasteiger partial charge in [-0.3, -0.25) is 0 Å². The molecule has 1 rings (SSSR count). The van der Waals surface area contributed by atoms with Crippen molar-refractivity contribution in [3.63, 3.8) is 0 Å². The molecule has 0 amide bonds. The summed E-state index contributed by atoms with van der Waals surface area (Å²) in [4.78, 5) is 0. The van der Waals surface area contributed by atoms with Gasteiger partial charge in [-0.1, -0.05) is 23.7 Å². The van der Waals surface area contributed by atoms with E-state index in [9.17, 15) is 0 Å². The molecule has 0 heterocycles. The molecule has 0 unspecified atom stereocenters. The van der Waals surface area contributed by atoms with Gasteiger partial charge < -0.3 is 9.47 Å². The Kier molecular flexibility index (Phi) is 5.26. The van der Waals surface area contributed by atoms with E-state index in [1.54, 1.807) is 7.11 Å². The molecule has 0 aliphatic rings. The summed E-state index contributed by atoms with van der Waals surface area (Å²) < 4.78 is 10.2. The van der Waals surface area contributed by atoms with Crippen LogP contribution in [-0.2, 0) is 9.47 Å². The van der Waals surface area contributed by atoms with E-state index < -0.39 is 0 Å². The number of alkyl halides is 1. The molecular formula is C10H12Cl2O2. The maximum atomic E-state index is 5.85. The quantitative estimate of drug-likeness (QED) is 0.576. The highest BCUT2D eigenvalue weighted by Crippen LogP contribution is 2.21. The molecular weight excluding hydrogens is 223 g/mol. The average Bonchev–Trinajstić information content (AvgIpc) is 2.19. The van der Waals surface area contributed by atoms with Gasteiger partial charge in [-0.25, -0.2) is 0 Å². The van der Waals surface area contributed by atoms with Crippen LogP contribution in [0, 0.1) is 0 Å². The van der Waals surface area contributed by atoms with Crippen LogP contribution in [0.3, 0.4) is 0 Å². The Morgan fingerprint density at radius 3 is 2.79 bits per heavy atom. The van der Waals surface area contributed by atoms with E-state index in [2.05, 4.69) is 0 Å². The molecule has 1 aromatic carbocycles. The highest BCUT2D eigenvalue weighted by molar-refractivity contribution is 6.30. The maximum absolute atomic E-state index is 5.85. The second kappa shape index (κ2) is 6.25. The zero-order valence-electron chi connectivity index (χ0n) is 7.87. The Hall–Kier alpha value is -0.280. The van der Waals surface area contributed by atoms with Gasteiger partial charge in [0.2, 0.25) is 0 Å². The van der Waals surface area contributed by atoms with Gasteiger partial charge in [0.25, 0.3) is 0 Å². The van der Waals surface area contributed by atoms with Crippen LogP contribution in [0.25, 0.3) is 0 Å². The monoisotopic (exact) mass is 234 g/mol. The Balaban J connectivity index is 2.68. The van der Waals surface area contributed by atoms with Crippen LogP contribution in [0.15, 0.2) is 24.3 Å². The Morgan fingerprint density at radius 1 is 1.43 bits per heavy atom. The molecule has 0 spiro atoms. The van der Waals surface area contributed by atoms with E-state index in [1.807, 2.05) is 24.3 Å². The van der Waals surface area contributed by atoms with Crippen LogP contribution in [0.4, 0.5) is 0 Å². The summed E-state index contributed by atoms with van der Waals surface area (Å²) in [5, 5.41) is 0.679. The lowest BCUT2D eigenvalue weighted by Gasteiger charge is -2.14. The summed E-state index contributed by atoms with van der Waals surface area (Å²) in [6, 6.07) is 7.44. The van der Waals surface area contributed by atoms with Crippen molar-refractivity contribution in [1.29, 1.82) is 0 Å². The van der Waals surface area contributed by atoms with Gasteiger partial charge in [-0.15, -0.1) is 11.6 Å². The molecule has 0 N–H and O–H groups in total. The van der Waals surface area contributed by atoms with E-state index in [0.29, 0.717) is 10.9 Å². The molecule has 0 fully saturated rings. The van der Waals surface area contributed by atoms with Gasteiger partial charge in [0.1, 0.15) is 6.79 Å². The number of benzene rings is 1. The fraction of sp³-hybridized carbons (Fsp3) is 0.400. The largest absolute Gasteiger partial charge is 0.359 e. The number of hydrogen-bond donors (Lipinski definition) is 0. The lowest BCUT2D eigenvalue weighted by molar-refractivity contribution is -0.0654. The summed E-state index contributed by atoms with van der Waals surface area (Å²) in [7, 11) is 1.57. The zero-order valence-corrected chi connectivity index (χ0v) is 9.39. The smallest absolute Gasteiger partial charge is 0.147 e. The first kappa shape index (κ1) is 11.8. The van der Waals surface area contributed by atoms with Crippen LogP contribution >= 0.6 is 23.2 Å². The lowest BCUT2D eigenvalue weighted by Crippen LogP contribution is -2.08. The van der Waals surface area contributed by atoms with Crippen molar-refractivity contribution in [3.05, 3.63) is 34.9 Å². The van der Waals surface area contributed by atoms with Gasteiger partial charge in [-0.2, -0.15) is 0 Å². The molecule has 0 saturated carbocycles. The van der Waals surface area contributed by atoms with Crippen molar-refractivity contribution in [3.8, 4) is 0 Å². The standard InChI is InChI=1S/C10H12Cl2O2/c1-13-7-14-10(6-11)8-3-2-4-9(12)5-8/h2-5,10H,6-7H2,1H3/t10-/m1/s1. The minimum absolute atomic E-state index is 0.171. The first-order chi connectivity index (χ1) is 6.77. The van der Waals surface area contributed by atoms with Gasteiger partial charge in [0, 0.05) is 12.1 Å². The van der Waals surface area contributed by atoms with Gasteiger partial charge in [0.15, 0.2) is 0 Å². The van der Waals surface area contributed by atoms with E-state index in [1.165, 1.54) is 0 Å². The van der Waals surface area contributed by atoms with E-state index >= 15 is 0 Å². The van der Waals surface area contributed by atoms with Crippen LogP contribution < -0.4 is 0 Å². The number of rotatable bonds is 5. The Morgan fingerprint density at radius 2 is 2.21 bits per heavy atom. The van der Waals surface area contributed by atoms with Crippen LogP contribution in [0.2, 0.25) is 5.02 Å². The SMILES string of the molecule is COCO[C@H](CCl)c1cccc(Cl)c1. The summed E-state index contributed by atoms with van der Waals surface area (Å²) in [6.45, 7) is 0.226. The fourth-order valence-electron chi connectivity index (χ4n) is 1.09. The fourth-order valence-corrected chi connectivity index (χ4v) is 1.55. The molecule has 1 atom stereocenters. The second-order valence-electron chi connectivity index (χ2n) is 2.77. The molecule has 0 aliphatic carbocycles. The third kappa shape index (κ3) is 3.46. The normalized spacial score (nSPS) is 12.8. The second-order valence-corrected chi connectivity index (χ2v) is 3.52. The molecule has 14 heavy (non-hydrogen) atoms. The summed E-state index contributed by atoms with van der Waals surface area (Å²) in [6.07, 6.45) is -0.171. The topological polar surface area (TPSA) is 18.5 Å². The predicted molar refractivity (Wildman–Crippen MR) is 57.9 cm³/mol. The molecule has 0 bridgehead atoms. The predicted octanol–water partition coefficient (Wildman–Crippen LogP) is 3.24. The van der Waals surface area contributed by atoms with Gasteiger partial charge in [0.05, 0.1) is 12.0 Å². The molecule has 1 aromatic rings. The molecule has 2 nitrogen and oxygen atoms in total. The molecule has 0 aromatic heterocycles. The van der Waals surface area contributed by atoms with Crippen molar-refractivity contribution < 1.29 is 9.47 Å². The minimum atomic E-state index is -0.171. The highest BCUT2D eigenvalue weighted by Gasteiger charge is 2.10. The van der Waals surface area contributed by atoms with Crippen molar-refractivity contribution in [1.82, 2.24) is 0 Å². The van der Waals surface area contributed by atoms with Crippen molar-refractivity contribution in [2.24, 2.45) is 0 Å². The number of halogens is 2. The maximum Gasteiger partial charge on any atom is 0.147 e. The molecule has 0 radical (unpaired) electrons. The average molecular weight is 235 g/mol. The van der Waals surface area contributed by atoms with Crippen molar-refractivity contribution in [2.75, 3.05) is 19.8 Å². The van der Waals surface area contributed by atoms with Crippen molar-refractivity contribution >= 4 is 23.2 Å². The minimum Gasteiger partial charge on any atom is -0.359 e. The first-order valence-corrected chi connectivity index (χ1v) is 5.11. The Bertz CT molecular complexity index is 279. The molecule has 0 saturated heterocycles. The molecule has 4 heteroatoms. The number of methoxy groups -OCH3 is 1. The molecule has 0 aliphatic heterocycles. The number of hydrogen-bond acceptors (Lipinski definition) is 2. The van der Waals surface area contributed by atoms with E-state index in [4.69, 9.17) is 32.7 Å². The zero-order chi connectivity index (χ0) is 10.4. The lowest BCUT2D eigenvalue weighted by atomic mass is 10.1. The van der Waals surface area contributed by atoms with Crippen LogP contribution in [0.1, 0.15) is 11.7 Å². The summed E-state index contributed by atoms with van der Waals surface area (Å²) >= 11 is 11.6. The van der Waals surface area contributed by atoms with E-state index in [-0.39, 0.29) is 12.9 Å². The molecule has 78 valence electrons. The summed E-state index contributed by atoms with van der Waals surface area (Å²) in [5.74, 6) is 0.379. The highest BCUT2D eigenvalue weighted by atomic mass is 35.5. The van der Waals surface area contributed by atoms with Gasteiger partial charge in [-0.05, 0) is 17.7 Å². The van der Waals surface area contributed by atoms with Crippen LogP contribution in [0.5, 0.6) is 0 Å². The first-order valence-electron chi connectivity index (χ1n) is 4.20. The van der Waals surface area contributed by atoms with E-state index in [0.717, 1.165) is 5.56 Å². The Labute approximate surface area is 93.7 Å². The van der Waals surface area contributed by atoms with Crippen LogP contribution in [-0.4, -0.2) is 19.8 Å². The summed E-state index contributed by atoms with van der Waals surface area (Å²) in [5.41, 5.74) is 0.963. The third-order valence-corrected chi connectivity index (χ3v) is 2.26.